The lowest BCUT2D eigenvalue weighted by Gasteiger charge is -2.22. The van der Waals surface area contributed by atoms with Crippen LogP contribution in [0.5, 0.6) is 0 Å². The minimum atomic E-state index is 0.136. The lowest BCUT2D eigenvalue weighted by molar-refractivity contribution is 0.515. The summed E-state index contributed by atoms with van der Waals surface area (Å²) in [6, 6.07) is 3.76. The van der Waals surface area contributed by atoms with Gasteiger partial charge in [-0.3, -0.25) is 0 Å². The van der Waals surface area contributed by atoms with Gasteiger partial charge in [0.15, 0.2) is 0 Å². The molecule has 76 valence electrons. The first-order valence-corrected chi connectivity index (χ1v) is 5.56. The van der Waals surface area contributed by atoms with E-state index in [1.54, 1.807) is 0 Å². The monoisotopic (exact) mass is 229 g/mol. The van der Waals surface area contributed by atoms with E-state index in [0.29, 0.717) is 5.02 Å². The number of hydrogen-bond donors (Lipinski definition) is 1. The van der Waals surface area contributed by atoms with E-state index in [2.05, 4.69) is 19.2 Å². The van der Waals surface area contributed by atoms with Crippen molar-refractivity contribution in [2.24, 2.45) is 0 Å². The Balaban J connectivity index is 2.44. The summed E-state index contributed by atoms with van der Waals surface area (Å²) in [6.45, 7) is 4.38. The molecule has 0 radical (unpaired) electrons. The van der Waals surface area contributed by atoms with Gasteiger partial charge in [0.05, 0.1) is 0 Å². The molecule has 0 bridgehead atoms. The SMILES string of the molecule is CCC1(C)Cc2c(Cl)cc(Cl)cc2N1. The molecule has 0 aromatic heterocycles. The molecule has 1 aliphatic rings. The normalized spacial score (nSPS) is 24.6. The zero-order valence-electron chi connectivity index (χ0n) is 8.32. The highest BCUT2D eigenvalue weighted by molar-refractivity contribution is 6.35. The number of nitrogens with one attached hydrogen (secondary N) is 1. The molecule has 1 aromatic rings. The molecule has 1 nitrogen and oxygen atoms in total. The van der Waals surface area contributed by atoms with Gasteiger partial charge in [0.25, 0.3) is 0 Å². The zero-order chi connectivity index (χ0) is 10.3. The maximum absolute atomic E-state index is 6.13. The van der Waals surface area contributed by atoms with Gasteiger partial charge in [-0.25, -0.2) is 0 Å². The standard InChI is InChI=1S/C11H13Cl2N/c1-3-11(2)6-8-9(13)4-7(12)5-10(8)14-11/h4-5,14H,3,6H2,1-2H3. The van der Waals surface area contributed by atoms with Crippen molar-refractivity contribution in [3.8, 4) is 0 Å². The van der Waals surface area contributed by atoms with E-state index in [9.17, 15) is 0 Å². The van der Waals surface area contributed by atoms with Crippen LogP contribution in [-0.4, -0.2) is 5.54 Å². The fourth-order valence-electron chi connectivity index (χ4n) is 1.87. The lowest BCUT2D eigenvalue weighted by Crippen LogP contribution is -2.30. The molecule has 2 rings (SSSR count). The summed E-state index contributed by atoms with van der Waals surface area (Å²) in [4.78, 5) is 0. The van der Waals surface area contributed by atoms with Crippen molar-refractivity contribution in [1.29, 1.82) is 0 Å². The van der Waals surface area contributed by atoms with Crippen molar-refractivity contribution in [3.63, 3.8) is 0 Å². The van der Waals surface area contributed by atoms with Crippen LogP contribution in [0.15, 0.2) is 12.1 Å². The van der Waals surface area contributed by atoms with Crippen LogP contribution in [-0.2, 0) is 6.42 Å². The zero-order valence-corrected chi connectivity index (χ0v) is 9.84. The number of hydrogen-bond acceptors (Lipinski definition) is 1. The average Bonchev–Trinajstić information content (AvgIpc) is 2.43. The van der Waals surface area contributed by atoms with Crippen molar-refractivity contribution in [2.45, 2.75) is 32.2 Å². The number of fused-ring (bicyclic) bond motifs is 1. The Bertz CT molecular complexity index is 376. The molecule has 1 aliphatic heterocycles. The second kappa shape index (κ2) is 3.32. The molecule has 1 heterocycles. The first-order valence-electron chi connectivity index (χ1n) is 4.80. The van der Waals surface area contributed by atoms with E-state index >= 15 is 0 Å². The minimum Gasteiger partial charge on any atom is -0.379 e. The maximum Gasteiger partial charge on any atom is 0.0474 e. The molecule has 1 atom stereocenters. The molecular formula is C11H13Cl2N. The molecule has 0 saturated heterocycles. The molecule has 0 aliphatic carbocycles. The van der Waals surface area contributed by atoms with Crippen LogP contribution < -0.4 is 5.32 Å². The molecule has 0 fully saturated rings. The Kier molecular flexibility index (Phi) is 2.40. The van der Waals surface area contributed by atoms with E-state index in [0.717, 1.165) is 23.6 Å². The van der Waals surface area contributed by atoms with Gasteiger partial charge in [-0.1, -0.05) is 30.1 Å². The average molecular weight is 230 g/mol. The van der Waals surface area contributed by atoms with Crippen molar-refractivity contribution in [1.82, 2.24) is 0 Å². The van der Waals surface area contributed by atoms with Crippen molar-refractivity contribution < 1.29 is 0 Å². The van der Waals surface area contributed by atoms with Gasteiger partial charge in [0.1, 0.15) is 0 Å². The first-order chi connectivity index (χ1) is 6.54. The van der Waals surface area contributed by atoms with Crippen LogP contribution in [0.2, 0.25) is 10.0 Å². The highest BCUT2D eigenvalue weighted by atomic mass is 35.5. The predicted molar refractivity (Wildman–Crippen MR) is 62.5 cm³/mol. The summed E-state index contributed by atoms with van der Waals surface area (Å²) in [6.07, 6.45) is 2.06. The third-order valence-corrected chi connectivity index (χ3v) is 3.50. The van der Waals surface area contributed by atoms with Gasteiger partial charge in [0, 0.05) is 21.3 Å². The lowest BCUT2D eigenvalue weighted by atomic mass is 9.95. The summed E-state index contributed by atoms with van der Waals surface area (Å²) < 4.78 is 0. The third-order valence-electron chi connectivity index (χ3n) is 2.94. The summed E-state index contributed by atoms with van der Waals surface area (Å²) in [7, 11) is 0. The Morgan fingerprint density at radius 1 is 1.43 bits per heavy atom. The van der Waals surface area contributed by atoms with Crippen LogP contribution in [0, 0.1) is 0 Å². The minimum absolute atomic E-state index is 0.136. The summed E-state index contributed by atoms with van der Waals surface area (Å²) in [5.41, 5.74) is 2.42. The molecular weight excluding hydrogens is 217 g/mol. The van der Waals surface area contributed by atoms with E-state index in [1.807, 2.05) is 12.1 Å². The second-order valence-corrected chi connectivity index (χ2v) is 4.97. The molecule has 3 heteroatoms. The second-order valence-electron chi connectivity index (χ2n) is 4.13. The van der Waals surface area contributed by atoms with Crippen molar-refractivity contribution in [3.05, 3.63) is 27.7 Å². The third kappa shape index (κ3) is 1.59. The molecule has 0 amide bonds. The fraction of sp³-hybridized carbons (Fsp3) is 0.455. The van der Waals surface area contributed by atoms with Gasteiger partial charge in [-0.15, -0.1) is 0 Å². The number of rotatable bonds is 1. The molecule has 1 aromatic carbocycles. The fourth-order valence-corrected chi connectivity index (χ4v) is 2.43. The van der Waals surface area contributed by atoms with Crippen LogP contribution in [0.3, 0.4) is 0 Å². The molecule has 1 unspecified atom stereocenters. The Labute approximate surface area is 94.4 Å². The van der Waals surface area contributed by atoms with Gasteiger partial charge >= 0.3 is 0 Å². The number of anilines is 1. The van der Waals surface area contributed by atoms with Crippen LogP contribution in [0.1, 0.15) is 25.8 Å². The molecule has 0 spiro atoms. The van der Waals surface area contributed by atoms with Crippen molar-refractivity contribution >= 4 is 28.9 Å². The summed E-state index contributed by atoms with van der Waals surface area (Å²) >= 11 is 12.1. The first kappa shape index (κ1) is 10.1. The van der Waals surface area contributed by atoms with E-state index in [1.165, 1.54) is 5.56 Å². The van der Waals surface area contributed by atoms with Crippen molar-refractivity contribution in [2.75, 3.05) is 5.32 Å². The van der Waals surface area contributed by atoms with Crippen LogP contribution >= 0.6 is 23.2 Å². The number of benzene rings is 1. The van der Waals surface area contributed by atoms with Gasteiger partial charge in [-0.2, -0.15) is 0 Å². The Morgan fingerprint density at radius 2 is 2.14 bits per heavy atom. The van der Waals surface area contributed by atoms with Crippen LogP contribution in [0.25, 0.3) is 0 Å². The molecule has 1 N–H and O–H groups in total. The van der Waals surface area contributed by atoms with E-state index in [4.69, 9.17) is 23.2 Å². The summed E-state index contributed by atoms with van der Waals surface area (Å²) in [5.74, 6) is 0. The van der Waals surface area contributed by atoms with Gasteiger partial charge in [-0.05, 0) is 37.5 Å². The topological polar surface area (TPSA) is 12.0 Å². The van der Waals surface area contributed by atoms with Gasteiger partial charge in [0.2, 0.25) is 0 Å². The van der Waals surface area contributed by atoms with Gasteiger partial charge < -0.3 is 5.32 Å². The Morgan fingerprint density at radius 3 is 2.79 bits per heavy atom. The smallest absolute Gasteiger partial charge is 0.0474 e. The highest BCUT2D eigenvalue weighted by Gasteiger charge is 2.31. The number of halogens is 2. The largest absolute Gasteiger partial charge is 0.379 e. The van der Waals surface area contributed by atoms with E-state index < -0.39 is 0 Å². The van der Waals surface area contributed by atoms with Crippen LogP contribution in [0.4, 0.5) is 5.69 Å². The predicted octanol–water partition coefficient (Wildman–Crippen LogP) is 4.13. The van der Waals surface area contributed by atoms with E-state index in [-0.39, 0.29) is 5.54 Å². The summed E-state index contributed by atoms with van der Waals surface area (Å²) in [5, 5.41) is 4.94. The maximum atomic E-state index is 6.13. The Hall–Kier alpha value is -0.400. The quantitative estimate of drug-likeness (QED) is 0.764. The molecule has 14 heavy (non-hydrogen) atoms. The molecule has 0 saturated carbocycles. The highest BCUT2D eigenvalue weighted by Crippen LogP contribution is 2.40.